The van der Waals surface area contributed by atoms with Crippen LogP contribution in [0.2, 0.25) is 0 Å². The summed E-state index contributed by atoms with van der Waals surface area (Å²) in [6.45, 7) is 0.253. The summed E-state index contributed by atoms with van der Waals surface area (Å²) >= 11 is 3.18. The van der Waals surface area contributed by atoms with Gasteiger partial charge in [0.25, 0.3) is 0 Å². The number of hydrogen-bond acceptors (Lipinski definition) is 4. The van der Waals surface area contributed by atoms with Crippen LogP contribution in [0.15, 0.2) is 27.6 Å². The number of nitrogens with two attached hydrogens (primary N) is 1. The first kappa shape index (κ1) is 15.6. The van der Waals surface area contributed by atoms with Gasteiger partial charge in [-0.05, 0) is 40.5 Å². The van der Waals surface area contributed by atoms with Crippen molar-refractivity contribution in [2.75, 3.05) is 24.3 Å². The number of benzene rings is 1. The number of anilines is 1. The van der Waals surface area contributed by atoms with Crippen LogP contribution in [-0.4, -0.2) is 31.2 Å². The van der Waals surface area contributed by atoms with Crippen LogP contribution in [0.5, 0.6) is 0 Å². The number of nitrogen functional groups attached to an aromatic ring is 1. The predicted molar refractivity (Wildman–Crippen MR) is 77.3 cm³/mol. The molecule has 0 saturated heterocycles. The Bertz CT molecular complexity index is 546. The molecule has 0 aliphatic carbocycles. The molecule has 0 fully saturated rings. The lowest BCUT2D eigenvalue weighted by atomic mass is 10.3. The van der Waals surface area contributed by atoms with E-state index in [2.05, 4.69) is 20.7 Å². The van der Waals surface area contributed by atoms with E-state index < -0.39 is 20.8 Å². The summed E-state index contributed by atoms with van der Waals surface area (Å²) in [6.07, 6.45) is 2.12. The molecule has 0 bridgehead atoms. The Morgan fingerprint density at radius 1 is 1.44 bits per heavy atom. The molecule has 18 heavy (non-hydrogen) atoms. The zero-order valence-electron chi connectivity index (χ0n) is 9.85. The maximum Gasteiger partial charge on any atom is 0.241 e. The number of sulfonamides is 1. The average molecular weight is 355 g/mol. The second kappa shape index (κ2) is 6.65. The van der Waals surface area contributed by atoms with Crippen molar-refractivity contribution in [2.24, 2.45) is 0 Å². The van der Waals surface area contributed by atoms with E-state index >= 15 is 0 Å². The Morgan fingerprint density at radius 2 is 2.11 bits per heavy atom. The van der Waals surface area contributed by atoms with Gasteiger partial charge in [0.05, 0.1) is 4.90 Å². The van der Waals surface area contributed by atoms with E-state index in [9.17, 15) is 12.6 Å². The van der Waals surface area contributed by atoms with E-state index in [4.69, 9.17) is 5.73 Å². The van der Waals surface area contributed by atoms with Crippen molar-refractivity contribution in [3.05, 3.63) is 22.7 Å². The fraction of sp³-hybridized carbons (Fsp3) is 0.400. The van der Waals surface area contributed by atoms with Crippen molar-refractivity contribution >= 4 is 42.4 Å². The van der Waals surface area contributed by atoms with Gasteiger partial charge in [-0.25, -0.2) is 13.1 Å². The average Bonchev–Trinajstić information content (AvgIpc) is 2.27. The van der Waals surface area contributed by atoms with Crippen molar-refractivity contribution in [3.63, 3.8) is 0 Å². The third kappa shape index (κ3) is 4.68. The Morgan fingerprint density at radius 3 is 2.72 bits per heavy atom. The smallest absolute Gasteiger partial charge is 0.241 e. The summed E-state index contributed by atoms with van der Waals surface area (Å²) in [4.78, 5) is 0.111. The summed E-state index contributed by atoms with van der Waals surface area (Å²) in [6, 6.07) is 4.60. The molecule has 1 unspecified atom stereocenters. The summed E-state index contributed by atoms with van der Waals surface area (Å²) < 4.78 is 37.7. The van der Waals surface area contributed by atoms with E-state index in [0.29, 0.717) is 22.3 Å². The van der Waals surface area contributed by atoms with E-state index in [-0.39, 0.29) is 11.4 Å². The molecule has 0 spiro atoms. The van der Waals surface area contributed by atoms with E-state index in [1.54, 1.807) is 18.4 Å². The Labute approximate surface area is 118 Å². The number of rotatable bonds is 6. The molecule has 102 valence electrons. The molecule has 1 rings (SSSR count). The van der Waals surface area contributed by atoms with Crippen molar-refractivity contribution in [3.8, 4) is 0 Å². The van der Waals surface area contributed by atoms with E-state index in [0.717, 1.165) is 0 Å². The molecule has 8 heteroatoms. The van der Waals surface area contributed by atoms with Gasteiger partial charge in [-0.1, -0.05) is 0 Å². The normalized spacial score (nSPS) is 13.4. The summed E-state index contributed by atoms with van der Waals surface area (Å²) in [5, 5.41) is 0. The third-order valence-corrected chi connectivity index (χ3v) is 5.46. The van der Waals surface area contributed by atoms with E-state index in [1.807, 2.05) is 0 Å². The first-order chi connectivity index (χ1) is 8.33. The van der Waals surface area contributed by atoms with Crippen LogP contribution in [-0.2, 0) is 20.8 Å². The molecule has 0 saturated carbocycles. The van der Waals surface area contributed by atoms with Crippen molar-refractivity contribution in [1.82, 2.24) is 4.72 Å². The van der Waals surface area contributed by atoms with Crippen LogP contribution in [0.3, 0.4) is 0 Å². The van der Waals surface area contributed by atoms with Gasteiger partial charge in [0, 0.05) is 39.5 Å². The minimum atomic E-state index is -3.59. The minimum absolute atomic E-state index is 0.111. The summed E-state index contributed by atoms with van der Waals surface area (Å²) in [5.41, 5.74) is 5.95. The lowest BCUT2D eigenvalue weighted by Gasteiger charge is -2.08. The molecule has 0 aliphatic heterocycles. The molecule has 5 nitrogen and oxygen atoms in total. The third-order valence-electron chi connectivity index (χ3n) is 2.15. The molecule has 0 amide bonds. The molecule has 3 N–H and O–H groups in total. The second-order valence-electron chi connectivity index (χ2n) is 3.72. The largest absolute Gasteiger partial charge is 0.399 e. The van der Waals surface area contributed by atoms with Gasteiger partial charge in [-0.2, -0.15) is 0 Å². The molecule has 0 radical (unpaired) electrons. The van der Waals surface area contributed by atoms with Crippen LogP contribution < -0.4 is 10.5 Å². The predicted octanol–water partition coefficient (Wildman–Crippen LogP) is 1.08. The van der Waals surface area contributed by atoms with Gasteiger partial charge in [0.15, 0.2) is 0 Å². The van der Waals surface area contributed by atoms with Crippen molar-refractivity contribution < 1.29 is 12.6 Å². The van der Waals surface area contributed by atoms with Crippen LogP contribution >= 0.6 is 15.9 Å². The quantitative estimate of drug-likeness (QED) is 0.590. The molecule has 1 aromatic rings. The molecule has 1 atom stereocenters. The molecule has 0 aliphatic rings. The van der Waals surface area contributed by atoms with Crippen LogP contribution in [0.25, 0.3) is 0 Å². The number of halogens is 1. The van der Waals surface area contributed by atoms with Gasteiger partial charge >= 0.3 is 0 Å². The summed E-state index contributed by atoms with van der Waals surface area (Å²) in [7, 11) is -4.50. The highest BCUT2D eigenvalue weighted by atomic mass is 79.9. The molecule has 0 heterocycles. The Hall–Kier alpha value is -0.440. The highest BCUT2D eigenvalue weighted by Gasteiger charge is 2.17. The Balaban J connectivity index is 2.74. The number of hydrogen-bond donors (Lipinski definition) is 2. The highest BCUT2D eigenvalue weighted by Crippen LogP contribution is 2.23. The van der Waals surface area contributed by atoms with Crippen molar-refractivity contribution in [1.29, 1.82) is 0 Å². The molecule has 0 aromatic heterocycles. The van der Waals surface area contributed by atoms with Gasteiger partial charge in [0.2, 0.25) is 10.0 Å². The topological polar surface area (TPSA) is 89.3 Å². The highest BCUT2D eigenvalue weighted by molar-refractivity contribution is 9.10. The lowest BCUT2D eigenvalue weighted by Crippen LogP contribution is -2.26. The maximum absolute atomic E-state index is 12.0. The number of nitrogens with one attached hydrogen (secondary N) is 1. The second-order valence-corrected chi connectivity index (χ2v) is 7.86. The van der Waals surface area contributed by atoms with E-state index in [1.165, 1.54) is 6.07 Å². The Kier molecular flexibility index (Phi) is 5.77. The zero-order valence-corrected chi connectivity index (χ0v) is 13.1. The van der Waals surface area contributed by atoms with Gasteiger partial charge in [-0.3, -0.25) is 4.21 Å². The first-order valence-electron chi connectivity index (χ1n) is 5.17. The van der Waals surface area contributed by atoms with Crippen LogP contribution in [0.4, 0.5) is 5.69 Å². The maximum atomic E-state index is 12.0. The van der Waals surface area contributed by atoms with Crippen LogP contribution in [0, 0.1) is 0 Å². The minimum Gasteiger partial charge on any atom is -0.399 e. The van der Waals surface area contributed by atoms with Gasteiger partial charge < -0.3 is 5.73 Å². The van der Waals surface area contributed by atoms with Gasteiger partial charge in [0.1, 0.15) is 0 Å². The molecular formula is C10H15BrN2O3S2. The monoisotopic (exact) mass is 354 g/mol. The van der Waals surface area contributed by atoms with Crippen molar-refractivity contribution in [2.45, 2.75) is 11.3 Å². The standard InChI is InChI=1S/C10H15BrN2O3S2/c1-17(14)6-2-5-13-18(15,16)10-7-8(12)3-4-9(10)11/h3-4,7,13H,2,5-6,12H2,1H3. The SMILES string of the molecule is CS(=O)CCCNS(=O)(=O)c1cc(N)ccc1Br. The lowest BCUT2D eigenvalue weighted by molar-refractivity contribution is 0.580. The zero-order chi connectivity index (χ0) is 13.8. The fourth-order valence-electron chi connectivity index (χ4n) is 1.29. The van der Waals surface area contributed by atoms with Gasteiger partial charge in [-0.15, -0.1) is 0 Å². The molecular weight excluding hydrogens is 340 g/mol. The fourth-order valence-corrected chi connectivity index (χ4v) is 3.91. The first-order valence-corrected chi connectivity index (χ1v) is 9.18. The van der Waals surface area contributed by atoms with Crippen LogP contribution in [0.1, 0.15) is 6.42 Å². The summed E-state index contributed by atoms with van der Waals surface area (Å²) in [5.74, 6) is 0.473. The molecule has 1 aromatic carbocycles.